The van der Waals surface area contributed by atoms with Crippen LogP contribution in [0.1, 0.15) is 11.1 Å². The maximum Gasteiger partial charge on any atom is 0.274 e. The van der Waals surface area contributed by atoms with Gasteiger partial charge in [-0.15, -0.1) is 0 Å². The van der Waals surface area contributed by atoms with E-state index in [1.807, 2.05) is 0 Å². The molecule has 0 saturated heterocycles. The minimum Gasteiger partial charge on any atom is -0.398 e. The van der Waals surface area contributed by atoms with Crippen molar-refractivity contribution in [2.24, 2.45) is 0 Å². The molecule has 13 heavy (non-hydrogen) atoms. The number of aryl methyl sites for hydroxylation is 1. The third-order valence-corrected chi connectivity index (χ3v) is 1.75. The highest BCUT2D eigenvalue weighted by atomic mass is 16.6. The van der Waals surface area contributed by atoms with Gasteiger partial charge < -0.3 is 11.1 Å². The number of nitrogen functional groups attached to an aromatic ring is 1. The summed E-state index contributed by atoms with van der Waals surface area (Å²) in [5.74, 6) is 0. The van der Waals surface area contributed by atoms with E-state index in [9.17, 15) is 10.1 Å². The van der Waals surface area contributed by atoms with E-state index in [0.717, 1.165) is 6.21 Å². The van der Waals surface area contributed by atoms with Crippen LogP contribution in [0.5, 0.6) is 0 Å². The first-order valence-electron chi connectivity index (χ1n) is 3.61. The lowest BCUT2D eigenvalue weighted by molar-refractivity contribution is -0.385. The summed E-state index contributed by atoms with van der Waals surface area (Å²) in [4.78, 5) is 9.98. The van der Waals surface area contributed by atoms with Crippen LogP contribution in [0, 0.1) is 22.4 Å². The quantitative estimate of drug-likeness (QED) is 0.311. The van der Waals surface area contributed by atoms with Crippen LogP contribution in [-0.4, -0.2) is 11.1 Å². The van der Waals surface area contributed by atoms with E-state index in [2.05, 4.69) is 0 Å². The summed E-state index contributed by atoms with van der Waals surface area (Å²) >= 11 is 0. The lowest BCUT2D eigenvalue weighted by atomic mass is 10.1. The van der Waals surface area contributed by atoms with Gasteiger partial charge in [-0.25, -0.2) is 0 Å². The van der Waals surface area contributed by atoms with E-state index >= 15 is 0 Å². The second-order valence-electron chi connectivity index (χ2n) is 2.67. The molecule has 0 saturated carbocycles. The molecule has 1 rings (SSSR count). The van der Waals surface area contributed by atoms with Gasteiger partial charge in [0.05, 0.1) is 4.92 Å². The molecule has 0 aliphatic carbocycles. The topological polar surface area (TPSA) is 93.0 Å². The molecule has 0 spiro atoms. The first kappa shape index (κ1) is 9.18. The zero-order chi connectivity index (χ0) is 10.0. The Labute approximate surface area is 74.8 Å². The fourth-order valence-electron chi connectivity index (χ4n) is 1.06. The Bertz CT molecular complexity index is 374. The average Bonchev–Trinajstić information content (AvgIpc) is 2.07. The highest BCUT2D eigenvalue weighted by molar-refractivity contribution is 5.86. The molecule has 0 amide bonds. The number of nitrogens with two attached hydrogens (primary N) is 1. The maximum atomic E-state index is 10.5. The zero-order valence-corrected chi connectivity index (χ0v) is 7.07. The van der Waals surface area contributed by atoms with Crippen LogP contribution in [0.4, 0.5) is 11.4 Å². The zero-order valence-electron chi connectivity index (χ0n) is 7.07. The molecule has 0 bridgehead atoms. The lowest BCUT2D eigenvalue weighted by Gasteiger charge is -2.01. The Kier molecular flexibility index (Phi) is 2.27. The number of anilines is 1. The molecule has 0 fully saturated rings. The summed E-state index contributed by atoms with van der Waals surface area (Å²) in [6, 6.07) is 2.80. The molecular formula is C8H9N3O2. The second kappa shape index (κ2) is 3.22. The average molecular weight is 179 g/mol. The smallest absolute Gasteiger partial charge is 0.274 e. The number of nitrogens with zero attached hydrogens (tertiary/aromatic N) is 1. The van der Waals surface area contributed by atoms with Gasteiger partial charge in [-0.2, -0.15) is 0 Å². The van der Waals surface area contributed by atoms with Gasteiger partial charge in [0, 0.05) is 29.1 Å². The van der Waals surface area contributed by atoms with Crippen molar-refractivity contribution in [1.82, 2.24) is 0 Å². The SMILES string of the molecule is Cc1cc(C=N)c(N)cc1[N+](=O)[O-]. The van der Waals surface area contributed by atoms with Gasteiger partial charge in [0.1, 0.15) is 0 Å². The molecule has 3 N–H and O–H groups in total. The maximum absolute atomic E-state index is 10.5. The Balaban J connectivity index is 3.36. The van der Waals surface area contributed by atoms with Crippen molar-refractivity contribution >= 4 is 17.6 Å². The molecule has 0 heterocycles. The number of hydrogen-bond donors (Lipinski definition) is 2. The van der Waals surface area contributed by atoms with Crippen molar-refractivity contribution in [2.45, 2.75) is 6.92 Å². The first-order chi connectivity index (χ1) is 6.06. The minimum atomic E-state index is -0.487. The van der Waals surface area contributed by atoms with Crippen molar-refractivity contribution in [3.63, 3.8) is 0 Å². The summed E-state index contributed by atoms with van der Waals surface area (Å²) in [7, 11) is 0. The third kappa shape index (κ3) is 1.64. The van der Waals surface area contributed by atoms with E-state index < -0.39 is 4.92 Å². The summed E-state index contributed by atoms with van der Waals surface area (Å²) in [5, 5.41) is 17.5. The Hall–Kier alpha value is -1.91. The molecule has 5 heteroatoms. The van der Waals surface area contributed by atoms with Crippen LogP contribution in [0.2, 0.25) is 0 Å². The monoisotopic (exact) mass is 179 g/mol. The number of rotatable bonds is 2. The van der Waals surface area contributed by atoms with Gasteiger partial charge >= 0.3 is 0 Å². The van der Waals surface area contributed by atoms with E-state index in [0.29, 0.717) is 11.1 Å². The van der Waals surface area contributed by atoms with Crippen LogP contribution >= 0.6 is 0 Å². The van der Waals surface area contributed by atoms with Crippen molar-refractivity contribution in [3.05, 3.63) is 33.4 Å². The van der Waals surface area contributed by atoms with E-state index in [1.165, 1.54) is 12.1 Å². The fraction of sp³-hybridized carbons (Fsp3) is 0.125. The predicted molar refractivity (Wildman–Crippen MR) is 50.1 cm³/mol. The number of hydrogen-bond acceptors (Lipinski definition) is 4. The van der Waals surface area contributed by atoms with E-state index in [4.69, 9.17) is 11.1 Å². The summed E-state index contributed by atoms with van der Waals surface area (Å²) in [6.45, 7) is 1.62. The van der Waals surface area contributed by atoms with Crippen molar-refractivity contribution in [1.29, 1.82) is 5.41 Å². The number of benzene rings is 1. The van der Waals surface area contributed by atoms with Gasteiger partial charge in [-0.1, -0.05) is 0 Å². The molecule has 5 nitrogen and oxygen atoms in total. The van der Waals surface area contributed by atoms with Gasteiger partial charge in [0.2, 0.25) is 0 Å². The molecule has 0 aliphatic heterocycles. The molecular weight excluding hydrogens is 170 g/mol. The Morgan fingerprint density at radius 3 is 2.69 bits per heavy atom. The largest absolute Gasteiger partial charge is 0.398 e. The van der Waals surface area contributed by atoms with Crippen LogP contribution in [0.3, 0.4) is 0 Å². The first-order valence-corrected chi connectivity index (χ1v) is 3.61. The van der Waals surface area contributed by atoms with Gasteiger partial charge in [0.15, 0.2) is 0 Å². The summed E-state index contributed by atoms with van der Waals surface area (Å²) in [5.41, 5.74) is 6.74. The molecule has 0 atom stereocenters. The normalized spacial score (nSPS) is 9.62. The standard InChI is InChI=1S/C8H9N3O2/c1-5-2-6(4-9)7(10)3-8(5)11(12)13/h2-4,9H,10H2,1H3. The highest BCUT2D eigenvalue weighted by Crippen LogP contribution is 2.23. The molecule has 0 radical (unpaired) electrons. The highest BCUT2D eigenvalue weighted by Gasteiger charge is 2.12. The van der Waals surface area contributed by atoms with Crippen LogP contribution < -0.4 is 5.73 Å². The summed E-state index contributed by atoms with van der Waals surface area (Å²) in [6.07, 6.45) is 1.08. The lowest BCUT2D eigenvalue weighted by Crippen LogP contribution is -1.98. The van der Waals surface area contributed by atoms with Crippen molar-refractivity contribution in [2.75, 3.05) is 5.73 Å². The molecule has 68 valence electrons. The summed E-state index contributed by atoms with van der Waals surface area (Å²) < 4.78 is 0. The van der Waals surface area contributed by atoms with Crippen LogP contribution in [-0.2, 0) is 0 Å². The van der Waals surface area contributed by atoms with Gasteiger partial charge in [0.25, 0.3) is 5.69 Å². The van der Waals surface area contributed by atoms with Crippen LogP contribution in [0.25, 0.3) is 0 Å². The minimum absolute atomic E-state index is 0.0110. The molecule has 1 aromatic rings. The Morgan fingerprint density at radius 1 is 1.62 bits per heavy atom. The van der Waals surface area contributed by atoms with E-state index in [1.54, 1.807) is 6.92 Å². The molecule has 0 unspecified atom stereocenters. The number of nitro groups is 1. The molecule has 0 aliphatic rings. The third-order valence-electron chi connectivity index (χ3n) is 1.75. The van der Waals surface area contributed by atoms with Gasteiger partial charge in [-0.05, 0) is 13.0 Å². The number of nitrogens with one attached hydrogen (secondary N) is 1. The number of nitro benzene ring substituents is 1. The van der Waals surface area contributed by atoms with Gasteiger partial charge in [-0.3, -0.25) is 10.1 Å². The molecule has 0 aromatic heterocycles. The predicted octanol–water partition coefficient (Wildman–Crippen LogP) is 1.48. The fourth-order valence-corrected chi connectivity index (χ4v) is 1.06. The van der Waals surface area contributed by atoms with Crippen LogP contribution in [0.15, 0.2) is 12.1 Å². The van der Waals surface area contributed by atoms with E-state index in [-0.39, 0.29) is 11.4 Å². The second-order valence-corrected chi connectivity index (χ2v) is 2.67. The van der Waals surface area contributed by atoms with Crippen molar-refractivity contribution in [3.8, 4) is 0 Å². The molecule has 1 aromatic carbocycles. The van der Waals surface area contributed by atoms with Crippen molar-refractivity contribution < 1.29 is 4.92 Å². The Morgan fingerprint density at radius 2 is 2.23 bits per heavy atom.